The number of aryl methyl sites for hydroxylation is 1. The molecule has 0 aliphatic rings. The number of carbonyl (C=O) groups is 1. The second-order valence-corrected chi connectivity index (χ2v) is 5.55. The maximum atomic E-state index is 10.5. The second-order valence-electron chi connectivity index (χ2n) is 5.12. The fourth-order valence-electron chi connectivity index (χ4n) is 2.01. The number of hydrogen-bond donors (Lipinski definition) is 1. The van der Waals surface area contributed by atoms with Crippen LogP contribution in [0, 0.1) is 6.92 Å². The Labute approximate surface area is 145 Å². The predicted molar refractivity (Wildman–Crippen MR) is 91.4 cm³/mol. The Balaban J connectivity index is 1.72. The third-order valence-corrected chi connectivity index (χ3v) is 3.35. The van der Waals surface area contributed by atoms with Gasteiger partial charge in [0.1, 0.15) is 17.2 Å². The van der Waals surface area contributed by atoms with Crippen molar-refractivity contribution in [3.8, 4) is 17.2 Å². The van der Waals surface area contributed by atoms with Gasteiger partial charge in [0, 0.05) is 11.4 Å². The molecule has 0 spiro atoms. The number of rotatable bonds is 9. The molecule has 2 aromatic carbocycles. The smallest absolute Gasteiger partial charge is 0.341 e. The second kappa shape index (κ2) is 9.03. The minimum atomic E-state index is -1.01. The summed E-state index contributed by atoms with van der Waals surface area (Å²) in [6.45, 7) is 2.52. The highest BCUT2D eigenvalue weighted by atomic mass is 35.5. The largest absolute Gasteiger partial charge is 0.493 e. The molecular weight excluding hydrogens is 332 g/mol. The highest BCUT2D eigenvalue weighted by molar-refractivity contribution is 6.30. The summed E-state index contributed by atoms with van der Waals surface area (Å²) in [5, 5.41) is 9.26. The highest BCUT2D eigenvalue weighted by Crippen LogP contribution is 2.23. The van der Waals surface area contributed by atoms with Crippen LogP contribution in [0.25, 0.3) is 0 Å². The van der Waals surface area contributed by atoms with E-state index in [0.29, 0.717) is 29.7 Å². The normalized spacial score (nSPS) is 10.2. The molecule has 0 unspecified atom stereocenters. The first-order valence-electron chi connectivity index (χ1n) is 7.51. The lowest BCUT2D eigenvalue weighted by Crippen LogP contribution is -2.10. The molecule has 6 heteroatoms. The molecule has 0 radical (unpaired) electrons. The molecule has 0 heterocycles. The van der Waals surface area contributed by atoms with Gasteiger partial charge in [-0.2, -0.15) is 0 Å². The minimum Gasteiger partial charge on any atom is -0.493 e. The monoisotopic (exact) mass is 350 g/mol. The Bertz CT molecular complexity index is 687. The van der Waals surface area contributed by atoms with Crippen LogP contribution in [-0.2, 0) is 4.79 Å². The number of benzene rings is 2. The molecular formula is C18H19ClO5. The fourth-order valence-corrected chi connectivity index (χ4v) is 2.19. The van der Waals surface area contributed by atoms with E-state index in [2.05, 4.69) is 0 Å². The first-order valence-corrected chi connectivity index (χ1v) is 7.89. The number of ether oxygens (including phenoxy) is 3. The van der Waals surface area contributed by atoms with Gasteiger partial charge in [0.25, 0.3) is 0 Å². The molecule has 5 nitrogen and oxygen atoms in total. The fraction of sp³-hybridized carbons (Fsp3) is 0.278. The first kappa shape index (κ1) is 17.9. The Morgan fingerprint density at radius 3 is 2.38 bits per heavy atom. The zero-order valence-electron chi connectivity index (χ0n) is 13.3. The summed E-state index contributed by atoms with van der Waals surface area (Å²) in [6, 6.07) is 12.5. The number of halogens is 1. The van der Waals surface area contributed by atoms with Crippen molar-refractivity contribution in [2.45, 2.75) is 13.3 Å². The molecule has 128 valence electrons. The van der Waals surface area contributed by atoms with Gasteiger partial charge in [-0.3, -0.25) is 0 Å². The van der Waals surface area contributed by atoms with Gasteiger partial charge in [0.05, 0.1) is 13.2 Å². The van der Waals surface area contributed by atoms with Gasteiger partial charge in [0.2, 0.25) is 0 Å². The molecule has 0 atom stereocenters. The van der Waals surface area contributed by atoms with Crippen molar-refractivity contribution >= 4 is 17.6 Å². The summed E-state index contributed by atoms with van der Waals surface area (Å²) in [5.41, 5.74) is 0.823. The van der Waals surface area contributed by atoms with Gasteiger partial charge in [-0.15, -0.1) is 0 Å². The van der Waals surface area contributed by atoms with Crippen LogP contribution >= 0.6 is 11.6 Å². The predicted octanol–water partition coefficient (Wildman–Crippen LogP) is 3.96. The molecule has 0 fully saturated rings. The van der Waals surface area contributed by atoms with E-state index >= 15 is 0 Å². The molecule has 0 bridgehead atoms. The maximum Gasteiger partial charge on any atom is 0.341 e. The molecule has 0 aliphatic heterocycles. The molecule has 2 aromatic rings. The van der Waals surface area contributed by atoms with E-state index in [1.54, 1.807) is 24.3 Å². The van der Waals surface area contributed by atoms with Crippen LogP contribution in [0.3, 0.4) is 0 Å². The van der Waals surface area contributed by atoms with E-state index in [1.807, 2.05) is 25.1 Å². The summed E-state index contributed by atoms with van der Waals surface area (Å²) in [7, 11) is 0. The van der Waals surface area contributed by atoms with Crippen molar-refractivity contribution < 1.29 is 24.1 Å². The standard InChI is InChI=1S/C18H19ClO5/c1-13-10-16(6-7-17(13)24-12-18(20)21)23-9-3-8-22-15-5-2-4-14(19)11-15/h2,4-7,10-11H,3,8-9,12H2,1H3,(H,20,21). The lowest BCUT2D eigenvalue weighted by molar-refractivity contribution is -0.139. The van der Waals surface area contributed by atoms with Crippen molar-refractivity contribution in [3.05, 3.63) is 53.1 Å². The van der Waals surface area contributed by atoms with Gasteiger partial charge in [-0.1, -0.05) is 17.7 Å². The molecule has 0 aromatic heterocycles. The lowest BCUT2D eigenvalue weighted by Gasteiger charge is -2.11. The Hall–Kier alpha value is -2.40. The minimum absolute atomic E-state index is 0.359. The maximum absolute atomic E-state index is 10.5. The average Bonchev–Trinajstić information content (AvgIpc) is 2.53. The number of hydrogen-bond acceptors (Lipinski definition) is 4. The molecule has 0 saturated carbocycles. The van der Waals surface area contributed by atoms with Crippen LogP contribution in [0.4, 0.5) is 0 Å². The van der Waals surface area contributed by atoms with Crippen LogP contribution < -0.4 is 14.2 Å². The zero-order valence-corrected chi connectivity index (χ0v) is 14.1. The number of aliphatic carboxylic acids is 1. The van der Waals surface area contributed by atoms with E-state index < -0.39 is 5.97 Å². The van der Waals surface area contributed by atoms with Gasteiger partial charge in [-0.05, 0) is 48.9 Å². The van der Waals surface area contributed by atoms with E-state index in [4.69, 9.17) is 30.9 Å². The zero-order chi connectivity index (χ0) is 17.4. The summed E-state index contributed by atoms with van der Waals surface area (Å²) >= 11 is 5.88. The number of carboxylic acids is 1. The quantitative estimate of drug-likeness (QED) is 0.693. The van der Waals surface area contributed by atoms with Gasteiger partial charge >= 0.3 is 5.97 Å². The molecule has 0 aliphatic carbocycles. The third-order valence-electron chi connectivity index (χ3n) is 3.12. The van der Waals surface area contributed by atoms with Crippen LogP contribution in [0.5, 0.6) is 17.2 Å². The van der Waals surface area contributed by atoms with Crippen molar-refractivity contribution in [3.63, 3.8) is 0 Å². The lowest BCUT2D eigenvalue weighted by atomic mass is 10.2. The van der Waals surface area contributed by atoms with Crippen molar-refractivity contribution in [1.29, 1.82) is 0 Å². The molecule has 0 saturated heterocycles. The van der Waals surface area contributed by atoms with Crippen molar-refractivity contribution in [1.82, 2.24) is 0 Å². The first-order chi connectivity index (χ1) is 11.5. The molecule has 2 rings (SSSR count). The Kier molecular flexibility index (Phi) is 6.75. The molecule has 0 amide bonds. The average molecular weight is 351 g/mol. The Morgan fingerprint density at radius 1 is 1.04 bits per heavy atom. The highest BCUT2D eigenvalue weighted by Gasteiger charge is 2.05. The Morgan fingerprint density at radius 2 is 1.75 bits per heavy atom. The summed E-state index contributed by atoms with van der Waals surface area (Å²) in [5.74, 6) is 0.972. The van der Waals surface area contributed by atoms with Crippen molar-refractivity contribution in [2.24, 2.45) is 0 Å². The third kappa shape index (κ3) is 6.01. The molecule has 1 N–H and O–H groups in total. The van der Waals surface area contributed by atoms with Crippen LogP contribution in [0.2, 0.25) is 5.02 Å². The molecule has 24 heavy (non-hydrogen) atoms. The van der Waals surface area contributed by atoms with Crippen LogP contribution in [0.15, 0.2) is 42.5 Å². The van der Waals surface area contributed by atoms with Gasteiger partial charge < -0.3 is 19.3 Å². The number of carboxylic acid groups (broad SMARTS) is 1. The summed E-state index contributed by atoms with van der Waals surface area (Å²) in [4.78, 5) is 10.5. The SMILES string of the molecule is Cc1cc(OCCCOc2cccc(Cl)c2)ccc1OCC(=O)O. The summed E-state index contributed by atoms with van der Waals surface area (Å²) < 4.78 is 16.4. The summed E-state index contributed by atoms with van der Waals surface area (Å²) in [6.07, 6.45) is 0.725. The van der Waals surface area contributed by atoms with Gasteiger partial charge in [0.15, 0.2) is 6.61 Å². The van der Waals surface area contributed by atoms with E-state index in [9.17, 15) is 4.79 Å². The van der Waals surface area contributed by atoms with E-state index in [-0.39, 0.29) is 6.61 Å². The van der Waals surface area contributed by atoms with Crippen LogP contribution in [-0.4, -0.2) is 30.9 Å². The van der Waals surface area contributed by atoms with Crippen LogP contribution in [0.1, 0.15) is 12.0 Å². The van der Waals surface area contributed by atoms with Crippen molar-refractivity contribution in [2.75, 3.05) is 19.8 Å². The topological polar surface area (TPSA) is 65.0 Å². The van der Waals surface area contributed by atoms with E-state index in [0.717, 1.165) is 17.7 Å². The van der Waals surface area contributed by atoms with Gasteiger partial charge in [-0.25, -0.2) is 4.79 Å². The van der Waals surface area contributed by atoms with E-state index in [1.165, 1.54) is 0 Å².